The minimum atomic E-state index is 0.602. The van der Waals surface area contributed by atoms with Crippen LogP contribution in [-0.2, 0) is 6.54 Å². The Morgan fingerprint density at radius 3 is 2.81 bits per heavy atom. The van der Waals surface area contributed by atoms with Gasteiger partial charge in [-0.15, -0.1) is 0 Å². The zero-order chi connectivity index (χ0) is 11.6. The van der Waals surface area contributed by atoms with Crippen molar-refractivity contribution in [2.45, 2.75) is 65.0 Å². The van der Waals surface area contributed by atoms with Crippen LogP contribution in [0.25, 0.3) is 0 Å². The van der Waals surface area contributed by atoms with E-state index in [4.69, 9.17) is 0 Å². The molecule has 0 fully saturated rings. The van der Waals surface area contributed by atoms with Crippen molar-refractivity contribution in [1.29, 1.82) is 0 Å². The van der Waals surface area contributed by atoms with Crippen LogP contribution in [0.3, 0.4) is 0 Å². The van der Waals surface area contributed by atoms with Crippen LogP contribution in [0.5, 0.6) is 0 Å². The van der Waals surface area contributed by atoms with Crippen LogP contribution in [0, 0.1) is 0 Å². The first-order valence-corrected chi connectivity index (χ1v) is 6.54. The molecule has 0 amide bonds. The third kappa shape index (κ3) is 5.91. The lowest BCUT2D eigenvalue weighted by molar-refractivity contribution is 0.477. The number of H-pyrrole nitrogens is 1. The zero-order valence-corrected chi connectivity index (χ0v) is 10.6. The quantitative estimate of drug-likeness (QED) is 0.631. The molecule has 16 heavy (non-hydrogen) atoms. The van der Waals surface area contributed by atoms with E-state index in [1.807, 2.05) is 6.07 Å². The molecule has 0 spiro atoms. The van der Waals surface area contributed by atoms with Gasteiger partial charge in [-0.05, 0) is 19.4 Å². The second kappa shape index (κ2) is 8.34. The Labute approximate surface area is 99.0 Å². The first kappa shape index (κ1) is 13.2. The van der Waals surface area contributed by atoms with Crippen LogP contribution in [0.4, 0.5) is 0 Å². The van der Waals surface area contributed by atoms with Crippen molar-refractivity contribution >= 4 is 0 Å². The van der Waals surface area contributed by atoms with Gasteiger partial charge in [-0.2, -0.15) is 5.10 Å². The van der Waals surface area contributed by atoms with Gasteiger partial charge in [0.15, 0.2) is 0 Å². The van der Waals surface area contributed by atoms with Crippen molar-refractivity contribution in [2.75, 3.05) is 0 Å². The largest absolute Gasteiger partial charge is 0.309 e. The van der Waals surface area contributed by atoms with Crippen molar-refractivity contribution in [1.82, 2.24) is 15.5 Å². The minimum absolute atomic E-state index is 0.602. The van der Waals surface area contributed by atoms with E-state index in [-0.39, 0.29) is 0 Å². The molecule has 1 heterocycles. The fraction of sp³-hybridized carbons (Fsp3) is 0.769. The van der Waals surface area contributed by atoms with Crippen molar-refractivity contribution in [2.24, 2.45) is 0 Å². The molecule has 1 aromatic rings. The van der Waals surface area contributed by atoms with Gasteiger partial charge < -0.3 is 5.32 Å². The van der Waals surface area contributed by atoms with Crippen molar-refractivity contribution in [3.8, 4) is 0 Å². The zero-order valence-electron chi connectivity index (χ0n) is 10.6. The average Bonchev–Trinajstić information content (AvgIpc) is 2.79. The highest BCUT2D eigenvalue weighted by Crippen LogP contribution is 2.07. The van der Waals surface area contributed by atoms with Crippen LogP contribution in [0.2, 0.25) is 0 Å². The normalized spacial score (nSPS) is 12.9. The fourth-order valence-electron chi connectivity index (χ4n) is 1.82. The van der Waals surface area contributed by atoms with Gasteiger partial charge in [0.05, 0.1) is 0 Å². The van der Waals surface area contributed by atoms with Crippen LogP contribution >= 0.6 is 0 Å². The summed E-state index contributed by atoms with van der Waals surface area (Å²) in [4.78, 5) is 0. The Morgan fingerprint density at radius 1 is 1.31 bits per heavy atom. The third-order valence-electron chi connectivity index (χ3n) is 2.94. The van der Waals surface area contributed by atoms with E-state index in [0.29, 0.717) is 6.04 Å². The van der Waals surface area contributed by atoms with E-state index in [1.54, 1.807) is 6.20 Å². The van der Waals surface area contributed by atoms with Crippen molar-refractivity contribution in [3.63, 3.8) is 0 Å². The Kier molecular flexibility index (Phi) is 6.90. The number of nitrogens with zero attached hydrogens (tertiary/aromatic N) is 1. The van der Waals surface area contributed by atoms with Crippen LogP contribution < -0.4 is 5.32 Å². The lowest BCUT2D eigenvalue weighted by atomic mass is 10.1. The maximum absolute atomic E-state index is 3.93. The van der Waals surface area contributed by atoms with Gasteiger partial charge in [-0.3, -0.25) is 5.10 Å². The van der Waals surface area contributed by atoms with E-state index in [0.717, 1.165) is 12.2 Å². The Morgan fingerprint density at radius 2 is 2.12 bits per heavy atom. The standard InChI is InChI=1S/C13H25N3/c1-3-4-5-6-7-8-12(2)14-11-13-9-10-15-16-13/h9-10,12,14H,3-8,11H2,1-2H3,(H,15,16). The molecule has 1 aromatic heterocycles. The molecule has 0 radical (unpaired) electrons. The summed E-state index contributed by atoms with van der Waals surface area (Å²) in [5.41, 5.74) is 1.16. The molecule has 3 heteroatoms. The lowest BCUT2D eigenvalue weighted by Crippen LogP contribution is -2.25. The number of hydrogen-bond donors (Lipinski definition) is 2. The van der Waals surface area contributed by atoms with Crippen LogP contribution in [-0.4, -0.2) is 16.2 Å². The monoisotopic (exact) mass is 223 g/mol. The number of aromatic amines is 1. The summed E-state index contributed by atoms with van der Waals surface area (Å²) in [6.45, 7) is 5.42. The molecular weight excluding hydrogens is 198 g/mol. The number of unbranched alkanes of at least 4 members (excludes halogenated alkanes) is 4. The summed E-state index contributed by atoms with van der Waals surface area (Å²) in [7, 11) is 0. The molecule has 0 saturated carbocycles. The number of rotatable bonds is 9. The van der Waals surface area contributed by atoms with Gasteiger partial charge >= 0.3 is 0 Å². The van der Waals surface area contributed by atoms with E-state index in [1.165, 1.54) is 38.5 Å². The summed E-state index contributed by atoms with van der Waals surface area (Å²) in [5.74, 6) is 0. The van der Waals surface area contributed by atoms with E-state index in [9.17, 15) is 0 Å². The van der Waals surface area contributed by atoms with Gasteiger partial charge in [0.1, 0.15) is 0 Å². The first-order chi connectivity index (χ1) is 7.83. The van der Waals surface area contributed by atoms with Gasteiger partial charge in [-0.1, -0.05) is 39.0 Å². The fourth-order valence-corrected chi connectivity index (χ4v) is 1.82. The van der Waals surface area contributed by atoms with Crippen molar-refractivity contribution in [3.05, 3.63) is 18.0 Å². The smallest absolute Gasteiger partial charge is 0.0490 e. The van der Waals surface area contributed by atoms with E-state index in [2.05, 4.69) is 29.4 Å². The van der Waals surface area contributed by atoms with Gasteiger partial charge in [0.25, 0.3) is 0 Å². The highest BCUT2D eigenvalue weighted by molar-refractivity contribution is 4.96. The number of hydrogen-bond acceptors (Lipinski definition) is 2. The van der Waals surface area contributed by atoms with Crippen LogP contribution in [0.15, 0.2) is 12.3 Å². The summed E-state index contributed by atoms with van der Waals surface area (Å²) >= 11 is 0. The minimum Gasteiger partial charge on any atom is -0.309 e. The molecule has 1 rings (SSSR count). The molecule has 0 aromatic carbocycles. The molecule has 1 atom stereocenters. The van der Waals surface area contributed by atoms with E-state index >= 15 is 0 Å². The maximum atomic E-state index is 3.93. The topological polar surface area (TPSA) is 40.7 Å². The number of nitrogens with one attached hydrogen (secondary N) is 2. The Hall–Kier alpha value is -0.830. The average molecular weight is 223 g/mol. The predicted molar refractivity (Wildman–Crippen MR) is 68.3 cm³/mol. The second-order valence-corrected chi connectivity index (χ2v) is 4.57. The molecule has 2 N–H and O–H groups in total. The molecule has 3 nitrogen and oxygen atoms in total. The number of aromatic nitrogens is 2. The first-order valence-electron chi connectivity index (χ1n) is 6.54. The molecular formula is C13H25N3. The highest BCUT2D eigenvalue weighted by atomic mass is 15.1. The van der Waals surface area contributed by atoms with Crippen LogP contribution in [0.1, 0.15) is 58.1 Å². The molecule has 0 saturated heterocycles. The summed E-state index contributed by atoms with van der Waals surface area (Å²) in [5, 5.41) is 10.4. The Balaban J connectivity index is 1.96. The predicted octanol–water partition coefficient (Wildman–Crippen LogP) is 3.25. The SMILES string of the molecule is CCCCCCCC(C)NCc1ccn[nH]1. The molecule has 0 aliphatic heterocycles. The molecule has 1 unspecified atom stereocenters. The second-order valence-electron chi connectivity index (χ2n) is 4.57. The third-order valence-corrected chi connectivity index (χ3v) is 2.94. The molecule has 0 bridgehead atoms. The summed E-state index contributed by atoms with van der Waals surface area (Å²) < 4.78 is 0. The summed E-state index contributed by atoms with van der Waals surface area (Å²) in [6, 6.07) is 2.62. The van der Waals surface area contributed by atoms with E-state index < -0.39 is 0 Å². The lowest BCUT2D eigenvalue weighted by Gasteiger charge is -2.12. The van der Waals surface area contributed by atoms with Gasteiger partial charge in [0, 0.05) is 24.5 Å². The van der Waals surface area contributed by atoms with Gasteiger partial charge in [-0.25, -0.2) is 0 Å². The van der Waals surface area contributed by atoms with Crippen molar-refractivity contribution < 1.29 is 0 Å². The van der Waals surface area contributed by atoms with Gasteiger partial charge in [0.2, 0.25) is 0 Å². The highest BCUT2D eigenvalue weighted by Gasteiger charge is 2.01. The molecule has 0 aliphatic rings. The Bertz CT molecular complexity index is 244. The molecule has 92 valence electrons. The summed E-state index contributed by atoms with van der Waals surface area (Å²) in [6.07, 6.45) is 9.90. The molecule has 0 aliphatic carbocycles. The maximum Gasteiger partial charge on any atom is 0.0490 e.